The zero-order valence-electron chi connectivity index (χ0n) is 17.5. The molecule has 0 aliphatic heterocycles. The lowest BCUT2D eigenvalue weighted by Gasteiger charge is -2.11. The molecule has 0 spiro atoms. The van der Waals surface area contributed by atoms with Crippen LogP contribution >= 0.6 is 11.6 Å². The quantitative estimate of drug-likeness (QED) is 0.351. The number of carbonyl (C=O) groups is 1. The summed E-state index contributed by atoms with van der Waals surface area (Å²) in [7, 11) is 0. The summed E-state index contributed by atoms with van der Waals surface area (Å²) in [5.41, 5.74) is 1.93. The lowest BCUT2D eigenvalue weighted by Crippen LogP contribution is -2.29. The number of hydrogen-bond acceptors (Lipinski definition) is 4. The van der Waals surface area contributed by atoms with E-state index in [1.165, 1.54) is 0 Å². The molecular formula is C25H24ClN3O3. The van der Waals surface area contributed by atoms with Crippen LogP contribution in [0.2, 0.25) is 5.02 Å². The average molecular weight is 450 g/mol. The van der Waals surface area contributed by atoms with Gasteiger partial charge in [0.15, 0.2) is 6.61 Å². The standard InChI is InChI=1S/C25H24ClN3O3/c26-19-11-13-21(14-12-19)31-16-6-15-29-23-10-5-4-9-22(23)28-24(29)17-27-25(30)18-32-20-7-2-1-3-8-20/h1-5,7-14H,6,15-18H2,(H,27,30). The molecule has 7 heteroatoms. The number of amides is 1. The van der Waals surface area contributed by atoms with Crippen LogP contribution in [-0.2, 0) is 17.9 Å². The molecule has 0 aliphatic carbocycles. The molecule has 1 aromatic heterocycles. The van der Waals surface area contributed by atoms with E-state index in [4.69, 9.17) is 26.1 Å². The molecule has 0 saturated carbocycles. The molecule has 164 valence electrons. The second-order valence-corrected chi connectivity index (χ2v) is 7.64. The molecule has 32 heavy (non-hydrogen) atoms. The Morgan fingerprint density at radius 1 is 0.906 bits per heavy atom. The molecule has 6 nitrogen and oxygen atoms in total. The second-order valence-electron chi connectivity index (χ2n) is 7.20. The summed E-state index contributed by atoms with van der Waals surface area (Å²) in [5.74, 6) is 2.05. The Labute approximate surface area is 191 Å². The SMILES string of the molecule is O=C(COc1ccccc1)NCc1nc2ccccc2n1CCCOc1ccc(Cl)cc1. The van der Waals surface area contributed by atoms with E-state index >= 15 is 0 Å². The van der Waals surface area contributed by atoms with Crippen molar-refractivity contribution in [1.29, 1.82) is 0 Å². The van der Waals surface area contributed by atoms with Gasteiger partial charge in [0.1, 0.15) is 17.3 Å². The van der Waals surface area contributed by atoms with Gasteiger partial charge in [-0.25, -0.2) is 4.98 Å². The maximum absolute atomic E-state index is 12.3. The third-order valence-electron chi connectivity index (χ3n) is 4.90. The fraction of sp³-hybridized carbons (Fsp3) is 0.200. The molecule has 0 radical (unpaired) electrons. The van der Waals surface area contributed by atoms with E-state index in [-0.39, 0.29) is 12.5 Å². The van der Waals surface area contributed by atoms with Crippen molar-refractivity contribution in [2.75, 3.05) is 13.2 Å². The normalized spacial score (nSPS) is 10.8. The van der Waals surface area contributed by atoms with Gasteiger partial charge in [-0.3, -0.25) is 4.79 Å². The first-order chi connectivity index (χ1) is 15.7. The van der Waals surface area contributed by atoms with Crippen LogP contribution in [0.25, 0.3) is 11.0 Å². The molecule has 4 aromatic rings. The van der Waals surface area contributed by atoms with Gasteiger partial charge in [-0.05, 0) is 55.0 Å². The highest BCUT2D eigenvalue weighted by atomic mass is 35.5. The molecule has 0 aliphatic rings. The fourth-order valence-electron chi connectivity index (χ4n) is 3.35. The van der Waals surface area contributed by atoms with Gasteiger partial charge in [0.2, 0.25) is 0 Å². The molecule has 0 saturated heterocycles. The van der Waals surface area contributed by atoms with Gasteiger partial charge in [-0.15, -0.1) is 0 Å². The Bertz CT molecular complexity index is 1160. The molecule has 1 amide bonds. The van der Waals surface area contributed by atoms with Crippen molar-refractivity contribution in [2.24, 2.45) is 0 Å². The summed E-state index contributed by atoms with van der Waals surface area (Å²) in [6.45, 7) is 1.56. The van der Waals surface area contributed by atoms with Crippen molar-refractivity contribution < 1.29 is 14.3 Å². The van der Waals surface area contributed by atoms with Crippen LogP contribution in [0, 0.1) is 0 Å². The molecule has 0 bridgehead atoms. The number of para-hydroxylation sites is 3. The Hall–Kier alpha value is -3.51. The van der Waals surface area contributed by atoms with Crippen molar-refractivity contribution in [3.8, 4) is 11.5 Å². The smallest absolute Gasteiger partial charge is 0.258 e. The number of imidazole rings is 1. The number of hydrogen-bond donors (Lipinski definition) is 1. The number of aromatic nitrogens is 2. The van der Waals surface area contributed by atoms with Crippen molar-refractivity contribution in [1.82, 2.24) is 14.9 Å². The van der Waals surface area contributed by atoms with Crippen molar-refractivity contribution in [3.63, 3.8) is 0 Å². The van der Waals surface area contributed by atoms with Crippen molar-refractivity contribution >= 4 is 28.5 Å². The third kappa shape index (κ3) is 5.80. The highest BCUT2D eigenvalue weighted by molar-refractivity contribution is 6.30. The predicted octanol–water partition coefficient (Wildman–Crippen LogP) is 4.85. The Balaban J connectivity index is 1.34. The third-order valence-corrected chi connectivity index (χ3v) is 5.15. The zero-order valence-corrected chi connectivity index (χ0v) is 18.3. The number of nitrogens with zero attached hydrogens (tertiary/aromatic N) is 2. The van der Waals surface area contributed by atoms with Gasteiger partial charge in [0.25, 0.3) is 5.91 Å². The summed E-state index contributed by atoms with van der Waals surface area (Å²) >= 11 is 5.91. The molecule has 4 rings (SSSR count). The highest BCUT2D eigenvalue weighted by Crippen LogP contribution is 2.18. The monoisotopic (exact) mass is 449 g/mol. The molecule has 0 unspecified atom stereocenters. The highest BCUT2D eigenvalue weighted by Gasteiger charge is 2.12. The average Bonchev–Trinajstić information content (AvgIpc) is 3.18. The van der Waals surface area contributed by atoms with E-state index in [2.05, 4.69) is 9.88 Å². The first kappa shape index (κ1) is 21.7. The second kappa shape index (κ2) is 10.7. The Morgan fingerprint density at radius 3 is 2.44 bits per heavy atom. The van der Waals surface area contributed by atoms with E-state index < -0.39 is 0 Å². The van der Waals surface area contributed by atoms with Crippen LogP contribution in [-0.4, -0.2) is 28.7 Å². The molecule has 0 atom stereocenters. The van der Waals surface area contributed by atoms with Crippen LogP contribution in [0.5, 0.6) is 11.5 Å². The van der Waals surface area contributed by atoms with Crippen LogP contribution in [0.4, 0.5) is 0 Å². The van der Waals surface area contributed by atoms with E-state index in [1.54, 1.807) is 0 Å². The number of carbonyl (C=O) groups excluding carboxylic acids is 1. The van der Waals surface area contributed by atoms with Crippen LogP contribution in [0.3, 0.4) is 0 Å². The van der Waals surface area contributed by atoms with Gasteiger partial charge < -0.3 is 19.4 Å². The topological polar surface area (TPSA) is 65.4 Å². The minimum atomic E-state index is -0.196. The number of halogens is 1. The van der Waals surface area contributed by atoms with E-state index in [9.17, 15) is 4.79 Å². The van der Waals surface area contributed by atoms with Crippen LogP contribution in [0.1, 0.15) is 12.2 Å². The van der Waals surface area contributed by atoms with E-state index in [0.717, 1.165) is 35.6 Å². The first-order valence-electron chi connectivity index (χ1n) is 10.5. The zero-order chi connectivity index (χ0) is 22.2. The van der Waals surface area contributed by atoms with Crippen LogP contribution < -0.4 is 14.8 Å². The fourth-order valence-corrected chi connectivity index (χ4v) is 3.47. The minimum Gasteiger partial charge on any atom is -0.494 e. The van der Waals surface area contributed by atoms with Crippen molar-refractivity contribution in [3.05, 3.63) is 89.7 Å². The lowest BCUT2D eigenvalue weighted by molar-refractivity contribution is -0.123. The molecular weight excluding hydrogens is 426 g/mol. The maximum atomic E-state index is 12.3. The number of ether oxygens (including phenoxy) is 2. The number of nitrogens with one attached hydrogen (secondary N) is 1. The Morgan fingerprint density at radius 2 is 1.62 bits per heavy atom. The molecule has 0 fully saturated rings. The number of rotatable bonds is 10. The summed E-state index contributed by atoms with van der Waals surface area (Å²) in [6.07, 6.45) is 0.793. The van der Waals surface area contributed by atoms with E-state index in [1.807, 2.05) is 78.9 Å². The lowest BCUT2D eigenvalue weighted by atomic mass is 10.3. The summed E-state index contributed by atoms with van der Waals surface area (Å²) in [4.78, 5) is 17.0. The van der Waals surface area contributed by atoms with Crippen molar-refractivity contribution in [2.45, 2.75) is 19.5 Å². The van der Waals surface area contributed by atoms with Gasteiger partial charge in [0, 0.05) is 11.6 Å². The predicted molar refractivity (Wildman–Crippen MR) is 125 cm³/mol. The minimum absolute atomic E-state index is 0.0425. The van der Waals surface area contributed by atoms with E-state index in [0.29, 0.717) is 23.9 Å². The van der Waals surface area contributed by atoms with Gasteiger partial charge in [0.05, 0.1) is 24.2 Å². The summed E-state index contributed by atoms with van der Waals surface area (Å²) < 4.78 is 13.4. The summed E-state index contributed by atoms with van der Waals surface area (Å²) in [5, 5.41) is 3.58. The molecule has 1 heterocycles. The number of fused-ring (bicyclic) bond motifs is 1. The number of benzene rings is 3. The Kier molecular flexibility index (Phi) is 7.25. The van der Waals surface area contributed by atoms with Gasteiger partial charge in [-0.1, -0.05) is 41.9 Å². The first-order valence-corrected chi connectivity index (χ1v) is 10.8. The van der Waals surface area contributed by atoms with Gasteiger partial charge >= 0.3 is 0 Å². The largest absolute Gasteiger partial charge is 0.494 e. The number of aryl methyl sites for hydroxylation is 1. The van der Waals surface area contributed by atoms with Crippen LogP contribution in [0.15, 0.2) is 78.9 Å². The van der Waals surface area contributed by atoms with Gasteiger partial charge in [-0.2, -0.15) is 0 Å². The summed E-state index contributed by atoms with van der Waals surface area (Å²) in [6, 6.07) is 24.5. The molecule has 1 N–H and O–H groups in total. The molecule has 3 aromatic carbocycles. The maximum Gasteiger partial charge on any atom is 0.258 e.